The van der Waals surface area contributed by atoms with Crippen LogP contribution in [0.3, 0.4) is 0 Å². The first kappa shape index (κ1) is 19.1. The molecule has 1 amide bonds. The number of carboxylic acids is 1. The third kappa shape index (κ3) is 4.23. The molecule has 0 bridgehead atoms. The standard InChI is InChI=1S/C15H8ClF4NO3S/c16-6-1-3-7(4-2-6)21-8(22)5-25-14-12(19)10(17)9(15(23)24)11(18)13(14)20/h1-4H,5H2,(H,21,22)(H,23,24). The fraction of sp³-hybridized carbons (Fsp3) is 0.0667. The molecule has 0 aromatic heterocycles. The maximum atomic E-state index is 13.8. The van der Waals surface area contributed by atoms with Gasteiger partial charge in [0.1, 0.15) is 5.56 Å². The van der Waals surface area contributed by atoms with Gasteiger partial charge in [0.15, 0.2) is 23.3 Å². The molecule has 4 nitrogen and oxygen atoms in total. The highest BCUT2D eigenvalue weighted by atomic mass is 35.5. The van der Waals surface area contributed by atoms with Gasteiger partial charge < -0.3 is 10.4 Å². The van der Waals surface area contributed by atoms with Crippen molar-refractivity contribution < 1.29 is 32.3 Å². The lowest BCUT2D eigenvalue weighted by Crippen LogP contribution is -2.15. The van der Waals surface area contributed by atoms with Crippen molar-refractivity contribution in [1.29, 1.82) is 0 Å². The maximum absolute atomic E-state index is 13.8. The van der Waals surface area contributed by atoms with Crippen LogP contribution in [0.15, 0.2) is 29.2 Å². The first-order valence-corrected chi connectivity index (χ1v) is 7.86. The number of thioether (sulfide) groups is 1. The van der Waals surface area contributed by atoms with E-state index in [0.29, 0.717) is 10.7 Å². The van der Waals surface area contributed by atoms with Crippen LogP contribution < -0.4 is 5.32 Å². The summed E-state index contributed by atoms with van der Waals surface area (Å²) in [5.41, 5.74) is -1.38. The number of rotatable bonds is 5. The van der Waals surface area contributed by atoms with Crippen LogP contribution in [-0.2, 0) is 4.79 Å². The number of carbonyl (C=O) groups excluding carboxylic acids is 1. The molecule has 0 atom stereocenters. The van der Waals surface area contributed by atoms with Gasteiger partial charge in [-0.2, -0.15) is 0 Å². The molecule has 2 aromatic rings. The highest BCUT2D eigenvalue weighted by molar-refractivity contribution is 8.00. The topological polar surface area (TPSA) is 66.4 Å². The number of aromatic carboxylic acids is 1. The van der Waals surface area contributed by atoms with Crippen LogP contribution in [0.25, 0.3) is 0 Å². The molecule has 0 saturated carbocycles. The highest BCUT2D eigenvalue weighted by Gasteiger charge is 2.29. The van der Waals surface area contributed by atoms with E-state index in [2.05, 4.69) is 5.32 Å². The van der Waals surface area contributed by atoms with Crippen molar-refractivity contribution in [2.45, 2.75) is 4.90 Å². The Labute approximate surface area is 147 Å². The number of nitrogens with one attached hydrogen (secondary N) is 1. The lowest BCUT2D eigenvalue weighted by Gasteiger charge is -2.10. The van der Waals surface area contributed by atoms with Gasteiger partial charge in [0.05, 0.1) is 10.6 Å². The molecule has 25 heavy (non-hydrogen) atoms. The van der Waals surface area contributed by atoms with E-state index in [1.54, 1.807) is 0 Å². The van der Waals surface area contributed by atoms with E-state index in [0.717, 1.165) is 0 Å². The van der Waals surface area contributed by atoms with Crippen molar-refractivity contribution in [3.63, 3.8) is 0 Å². The number of amides is 1. The van der Waals surface area contributed by atoms with Gasteiger partial charge in [-0.3, -0.25) is 4.79 Å². The molecular formula is C15H8ClF4NO3S. The zero-order valence-corrected chi connectivity index (χ0v) is 13.7. The Balaban J connectivity index is 2.16. The molecule has 0 spiro atoms. The summed E-state index contributed by atoms with van der Waals surface area (Å²) in [5.74, 6) is -11.2. The second kappa shape index (κ2) is 7.75. The number of anilines is 1. The van der Waals surface area contributed by atoms with Crippen LogP contribution in [-0.4, -0.2) is 22.7 Å². The Morgan fingerprint density at radius 3 is 2.00 bits per heavy atom. The van der Waals surface area contributed by atoms with Gasteiger partial charge >= 0.3 is 5.97 Å². The lowest BCUT2D eigenvalue weighted by molar-refractivity contribution is -0.113. The van der Waals surface area contributed by atoms with Crippen molar-refractivity contribution in [2.75, 3.05) is 11.1 Å². The molecule has 0 aliphatic heterocycles. The highest BCUT2D eigenvalue weighted by Crippen LogP contribution is 2.31. The predicted molar refractivity (Wildman–Crippen MR) is 84.0 cm³/mol. The smallest absolute Gasteiger partial charge is 0.341 e. The minimum Gasteiger partial charge on any atom is -0.477 e. The van der Waals surface area contributed by atoms with Crippen LogP contribution in [0.4, 0.5) is 23.2 Å². The average Bonchev–Trinajstić information content (AvgIpc) is 2.55. The quantitative estimate of drug-likeness (QED) is 0.451. The number of halogens is 5. The Kier molecular flexibility index (Phi) is 5.91. The molecule has 2 aromatic carbocycles. The summed E-state index contributed by atoms with van der Waals surface area (Å²) in [6, 6.07) is 5.96. The molecule has 0 unspecified atom stereocenters. The third-order valence-corrected chi connectivity index (χ3v) is 4.22. The molecule has 0 heterocycles. The summed E-state index contributed by atoms with van der Waals surface area (Å²) in [4.78, 5) is 21.3. The minimum absolute atomic E-state index is 0.192. The largest absolute Gasteiger partial charge is 0.477 e. The number of hydrogen-bond acceptors (Lipinski definition) is 3. The molecule has 132 valence electrons. The summed E-state index contributed by atoms with van der Waals surface area (Å²) in [6.07, 6.45) is 0. The fourth-order valence-corrected chi connectivity index (χ4v) is 2.70. The molecule has 0 aliphatic rings. The Hall–Kier alpha value is -2.26. The van der Waals surface area contributed by atoms with Gasteiger partial charge in [-0.25, -0.2) is 22.4 Å². The van der Waals surface area contributed by atoms with Crippen molar-refractivity contribution >= 4 is 40.9 Å². The number of benzene rings is 2. The van der Waals surface area contributed by atoms with Crippen molar-refractivity contribution in [3.05, 3.63) is 58.1 Å². The van der Waals surface area contributed by atoms with Crippen LogP contribution >= 0.6 is 23.4 Å². The van der Waals surface area contributed by atoms with E-state index in [4.69, 9.17) is 16.7 Å². The van der Waals surface area contributed by atoms with Crippen LogP contribution in [0.2, 0.25) is 5.02 Å². The first-order chi connectivity index (χ1) is 11.7. The summed E-state index contributed by atoms with van der Waals surface area (Å²) in [7, 11) is 0. The Morgan fingerprint density at radius 2 is 1.52 bits per heavy atom. The number of hydrogen-bond donors (Lipinski definition) is 2. The van der Waals surface area contributed by atoms with Crippen molar-refractivity contribution in [1.82, 2.24) is 0 Å². The van der Waals surface area contributed by atoms with Gasteiger partial charge in [-0.05, 0) is 24.3 Å². The van der Waals surface area contributed by atoms with Crippen molar-refractivity contribution in [2.24, 2.45) is 0 Å². The molecule has 0 aliphatic carbocycles. The fourth-order valence-electron chi connectivity index (χ4n) is 1.79. The Bertz CT molecular complexity index is 817. The van der Waals surface area contributed by atoms with Gasteiger partial charge in [-0.15, -0.1) is 11.8 Å². The zero-order chi connectivity index (χ0) is 18.7. The zero-order valence-electron chi connectivity index (χ0n) is 12.1. The summed E-state index contributed by atoms with van der Waals surface area (Å²) >= 11 is 5.87. The van der Waals surface area contributed by atoms with Gasteiger partial charge in [0.2, 0.25) is 5.91 Å². The predicted octanol–water partition coefficient (Wildman–Crippen LogP) is 4.33. The molecule has 2 N–H and O–H groups in total. The van der Waals surface area contributed by atoms with Crippen molar-refractivity contribution in [3.8, 4) is 0 Å². The SMILES string of the molecule is O=C(CSc1c(F)c(F)c(C(=O)O)c(F)c1F)Nc1ccc(Cl)cc1. The monoisotopic (exact) mass is 393 g/mol. The summed E-state index contributed by atoms with van der Waals surface area (Å²) in [6.45, 7) is 0. The molecule has 10 heteroatoms. The number of carbonyl (C=O) groups is 2. The first-order valence-electron chi connectivity index (χ1n) is 6.49. The van der Waals surface area contributed by atoms with Gasteiger partial charge in [0, 0.05) is 10.7 Å². The molecule has 0 radical (unpaired) electrons. The second-order valence-electron chi connectivity index (χ2n) is 4.61. The normalized spacial score (nSPS) is 10.6. The van der Waals surface area contributed by atoms with E-state index in [1.165, 1.54) is 24.3 Å². The molecule has 0 saturated heterocycles. The Morgan fingerprint density at radius 1 is 1.00 bits per heavy atom. The van der Waals surface area contributed by atoms with E-state index in [9.17, 15) is 27.2 Å². The van der Waals surface area contributed by atoms with Crippen LogP contribution in [0.5, 0.6) is 0 Å². The van der Waals surface area contributed by atoms with Gasteiger partial charge in [-0.1, -0.05) is 11.6 Å². The van der Waals surface area contributed by atoms with Crippen LogP contribution in [0, 0.1) is 23.3 Å². The van der Waals surface area contributed by atoms with E-state index in [1.807, 2.05) is 0 Å². The van der Waals surface area contributed by atoms with Gasteiger partial charge in [0.25, 0.3) is 0 Å². The third-order valence-electron chi connectivity index (χ3n) is 2.91. The minimum atomic E-state index is -2.15. The van der Waals surface area contributed by atoms with Crippen LogP contribution in [0.1, 0.15) is 10.4 Å². The molecular weight excluding hydrogens is 386 g/mol. The van der Waals surface area contributed by atoms with E-state index >= 15 is 0 Å². The molecule has 2 rings (SSSR count). The van der Waals surface area contributed by atoms with E-state index < -0.39 is 51.4 Å². The lowest BCUT2D eigenvalue weighted by atomic mass is 10.2. The molecule has 0 fully saturated rings. The average molecular weight is 394 g/mol. The number of carboxylic acid groups (broad SMARTS) is 1. The summed E-state index contributed by atoms with van der Waals surface area (Å²) in [5, 5.41) is 11.4. The maximum Gasteiger partial charge on any atom is 0.341 e. The van der Waals surface area contributed by atoms with E-state index in [-0.39, 0.29) is 11.8 Å². The second-order valence-corrected chi connectivity index (χ2v) is 6.03. The summed E-state index contributed by atoms with van der Waals surface area (Å²) < 4.78 is 54.7.